The highest BCUT2D eigenvalue weighted by Crippen LogP contribution is 2.27. The number of benzene rings is 1. The van der Waals surface area contributed by atoms with E-state index < -0.39 is 0 Å². The molecule has 1 aliphatic rings. The van der Waals surface area contributed by atoms with Gasteiger partial charge in [0.05, 0.1) is 10.0 Å². The Morgan fingerprint density at radius 3 is 2.83 bits per heavy atom. The van der Waals surface area contributed by atoms with Crippen LogP contribution in [-0.4, -0.2) is 5.78 Å². The molecule has 1 nitrogen and oxygen atoms in total. The number of carbonyl (C=O) groups excluding carboxylic acids is 1. The number of rotatable bonds is 3. The van der Waals surface area contributed by atoms with Gasteiger partial charge in [0.15, 0.2) is 5.78 Å². The van der Waals surface area contributed by atoms with Crippen LogP contribution in [0.4, 0.5) is 0 Å². The SMILES string of the molecule is O=C(Cc1cccc(Cl)c1Cl)C1=CCCCCC1. The second-order valence-corrected chi connectivity index (χ2v) is 5.43. The summed E-state index contributed by atoms with van der Waals surface area (Å²) in [5, 5.41) is 1.01. The molecule has 1 aliphatic carbocycles. The quantitative estimate of drug-likeness (QED) is 0.763. The van der Waals surface area contributed by atoms with Crippen molar-refractivity contribution >= 4 is 29.0 Å². The van der Waals surface area contributed by atoms with Crippen LogP contribution in [0.2, 0.25) is 10.0 Å². The monoisotopic (exact) mass is 282 g/mol. The number of halogens is 2. The largest absolute Gasteiger partial charge is 0.294 e. The zero-order valence-corrected chi connectivity index (χ0v) is 11.7. The first kappa shape index (κ1) is 13.6. The molecule has 0 aliphatic heterocycles. The van der Waals surface area contributed by atoms with Crippen molar-refractivity contribution in [2.24, 2.45) is 0 Å². The summed E-state index contributed by atoms with van der Waals surface area (Å²) in [5.41, 5.74) is 1.78. The van der Waals surface area contributed by atoms with E-state index in [9.17, 15) is 4.79 Å². The summed E-state index contributed by atoms with van der Waals surface area (Å²) >= 11 is 12.1. The number of ketones is 1. The normalized spacial score (nSPS) is 16.0. The van der Waals surface area contributed by atoms with Crippen LogP contribution in [0.5, 0.6) is 0 Å². The molecule has 0 radical (unpaired) electrons. The molecule has 1 aromatic carbocycles. The van der Waals surface area contributed by atoms with Gasteiger partial charge in [0.2, 0.25) is 0 Å². The lowest BCUT2D eigenvalue weighted by Gasteiger charge is -2.07. The van der Waals surface area contributed by atoms with Crippen molar-refractivity contribution in [3.8, 4) is 0 Å². The van der Waals surface area contributed by atoms with E-state index in [2.05, 4.69) is 6.08 Å². The molecule has 96 valence electrons. The second kappa shape index (κ2) is 6.40. The summed E-state index contributed by atoms with van der Waals surface area (Å²) in [5.74, 6) is 0.182. The number of hydrogen-bond acceptors (Lipinski definition) is 1. The fraction of sp³-hybridized carbons (Fsp3) is 0.400. The van der Waals surface area contributed by atoms with E-state index in [4.69, 9.17) is 23.2 Å². The molecular weight excluding hydrogens is 267 g/mol. The van der Waals surface area contributed by atoms with Crippen molar-refractivity contribution in [3.05, 3.63) is 45.5 Å². The van der Waals surface area contributed by atoms with Crippen molar-refractivity contribution in [2.45, 2.75) is 38.5 Å². The number of Topliss-reactive ketones (excluding diaryl/α,β-unsaturated/α-hetero) is 1. The summed E-state index contributed by atoms with van der Waals surface area (Å²) in [6.45, 7) is 0. The summed E-state index contributed by atoms with van der Waals surface area (Å²) in [6, 6.07) is 5.43. The minimum absolute atomic E-state index is 0.182. The highest BCUT2D eigenvalue weighted by atomic mass is 35.5. The van der Waals surface area contributed by atoms with Crippen molar-refractivity contribution in [1.82, 2.24) is 0 Å². The molecule has 3 heteroatoms. The van der Waals surface area contributed by atoms with Gasteiger partial charge in [0.1, 0.15) is 0 Å². The third-order valence-electron chi connectivity index (χ3n) is 3.28. The summed E-state index contributed by atoms with van der Waals surface area (Å²) in [6.07, 6.45) is 7.88. The van der Waals surface area contributed by atoms with Crippen LogP contribution in [0.3, 0.4) is 0 Å². The highest BCUT2D eigenvalue weighted by molar-refractivity contribution is 6.42. The van der Waals surface area contributed by atoms with Gasteiger partial charge >= 0.3 is 0 Å². The van der Waals surface area contributed by atoms with Crippen LogP contribution in [-0.2, 0) is 11.2 Å². The van der Waals surface area contributed by atoms with Gasteiger partial charge in [0.25, 0.3) is 0 Å². The molecule has 0 fully saturated rings. The van der Waals surface area contributed by atoms with Crippen LogP contribution in [0.1, 0.15) is 37.7 Å². The first-order chi connectivity index (χ1) is 8.68. The number of allylic oxidation sites excluding steroid dienone is 2. The fourth-order valence-electron chi connectivity index (χ4n) is 2.24. The zero-order chi connectivity index (χ0) is 13.0. The molecule has 18 heavy (non-hydrogen) atoms. The molecule has 0 unspecified atom stereocenters. The third kappa shape index (κ3) is 3.37. The Morgan fingerprint density at radius 2 is 2.00 bits per heavy atom. The van der Waals surface area contributed by atoms with E-state index >= 15 is 0 Å². The van der Waals surface area contributed by atoms with Gasteiger partial charge in [-0.25, -0.2) is 0 Å². The molecule has 0 atom stereocenters. The molecule has 0 N–H and O–H groups in total. The maximum absolute atomic E-state index is 12.2. The van der Waals surface area contributed by atoms with Gasteiger partial charge in [-0.15, -0.1) is 0 Å². The highest BCUT2D eigenvalue weighted by Gasteiger charge is 2.14. The average Bonchev–Trinajstić information content (AvgIpc) is 2.63. The summed E-state index contributed by atoms with van der Waals surface area (Å²) < 4.78 is 0. The Labute approximate surface area is 118 Å². The van der Waals surface area contributed by atoms with E-state index in [-0.39, 0.29) is 5.78 Å². The lowest BCUT2D eigenvalue weighted by Crippen LogP contribution is -2.07. The van der Waals surface area contributed by atoms with Gasteiger partial charge in [-0.1, -0.05) is 47.8 Å². The van der Waals surface area contributed by atoms with Crippen LogP contribution in [0.25, 0.3) is 0 Å². The second-order valence-electron chi connectivity index (χ2n) is 4.64. The fourth-order valence-corrected chi connectivity index (χ4v) is 2.63. The molecule has 0 aromatic heterocycles. The molecule has 0 bridgehead atoms. The Morgan fingerprint density at radius 1 is 1.17 bits per heavy atom. The predicted molar refractivity (Wildman–Crippen MR) is 76.3 cm³/mol. The minimum Gasteiger partial charge on any atom is -0.294 e. The summed E-state index contributed by atoms with van der Waals surface area (Å²) in [7, 11) is 0. The van der Waals surface area contributed by atoms with Crippen LogP contribution in [0.15, 0.2) is 29.8 Å². The van der Waals surface area contributed by atoms with Crippen molar-refractivity contribution in [1.29, 1.82) is 0 Å². The smallest absolute Gasteiger partial charge is 0.162 e. The maximum Gasteiger partial charge on any atom is 0.162 e. The van der Waals surface area contributed by atoms with E-state index in [1.54, 1.807) is 6.07 Å². The van der Waals surface area contributed by atoms with Gasteiger partial charge in [-0.3, -0.25) is 4.79 Å². The third-order valence-corrected chi connectivity index (χ3v) is 4.14. The minimum atomic E-state index is 0.182. The van der Waals surface area contributed by atoms with Gasteiger partial charge in [-0.05, 0) is 42.9 Å². The zero-order valence-electron chi connectivity index (χ0n) is 10.2. The molecule has 0 saturated carbocycles. The van der Waals surface area contributed by atoms with E-state index in [1.165, 1.54) is 12.8 Å². The van der Waals surface area contributed by atoms with Crippen LogP contribution < -0.4 is 0 Å². The first-order valence-corrected chi connectivity index (χ1v) is 7.09. The van der Waals surface area contributed by atoms with E-state index in [1.807, 2.05) is 12.1 Å². The first-order valence-electron chi connectivity index (χ1n) is 6.33. The van der Waals surface area contributed by atoms with Crippen molar-refractivity contribution in [2.75, 3.05) is 0 Å². The maximum atomic E-state index is 12.2. The lowest BCUT2D eigenvalue weighted by molar-refractivity contribution is -0.115. The number of hydrogen-bond donors (Lipinski definition) is 0. The molecule has 2 rings (SSSR count). The Balaban J connectivity index is 2.11. The van der Waals surface area contributed by atoms with Gasteiger partial charge in [-0.2, -0.15) is 0 Å². The Kier molecular flexibility index (Phi) is 4.85. The molecule has 0 spiro atoms. The molecule has 1 aromatic rings. The van der Waals surface area contributed by atoms with Crippen LogP contribution in [0, 0.1) is 0 Å². The Bertz CT molecular complexity index is 477. The predicted octanol–water partition coefficient (Wildman–Crippen LogP) is 5.00. The van der Waals surface area contributed by atoms with Gasteiger partial charge in [0, 0.05) is 6.42 Å². The standard InChI is InChI=1S/C15H16Cl2O/c16-13-9-5-8-12(15(13)17)10-14(18)11-6-3-1-2-4-7-11/h5-6,8-9H,1-4,7,10H2. The molecular formula is C15H16Cl2O. The molecule has 0 heterocycles. The van der Waals surface area contributed by atoms with Crippen molar-refractivity contribution in [3.63, 3.8) is 0 Å². The van der Waals surface area contributed by atoms with Crippen molar-refractivity contribution < 1.29 is 4.79 Å². The van der Waals surface area contributed by atoms with Gasteiger partial charge < -0.3 is 0 Å². The topological polar surface area (TPSA) is 17.1 Å². The average molecular weight is 283 g/mol. The summed E-state index contributed by atoms with van der Waals surface area (Å²) in [4.78, 5) is 12.2. The Hall–Kier alpha value is -0.790. The number of carbonyl (C=O) groups is 1. The molecule has 0 saturated heterocycles. The molecule has 0 amide bonds. The lowest BCUT2D eigenvalue weighted by atomic mass is 9.99. The van der Waals surface area contributed by atoms with E-state index in [0.29, 0.717) is 16.5 Å². The van der Waals surface area contributed by atoms with E-state index in [0.717, 1.165) is 30.4 Å². The van der Waals surface area contributed by atoms with Crippen LogP contribution >= 0.6 is 23.2 Å².